The van der Waals surface area contributed by atoms with Gasteiger partial charge in [-0.3, -0.25) is 0 Å². The molecule has 1 saturated heterocycles. The summed E-state index contributed by atoms with van der Waals surface area (Å²) in [7, 11) is 0. The first-order valence-electron chi connectivity index (χ1n) is 9.46. The van der Waals surface area contributed by atoms with E-state index in [0.29, 0.717) is 12.6 Å². The molecule has 0 radical (unpaired) electrons. The van der Waals surface area contributed by atoms with E-state index < -0.39 is 0 Å². The highest BCUT2D eigenvalue weighted by Crippen LogP contribution is 2.23. The van der Waals surface area contributed by atoms with Gasteiger partial charge in [-0.25, -0.2) is 9.37 Å². The summed E-state index contributed by atoms with van der Waals surface area (Å²) in [5, 5.41) is 6.99. The Hall–Kier alpha value is -2.40. The van der Waals surface area contributed by atoms with Crippen LogP contribution in [0.3, 0.4) is 0 Å². The number of imidazole rings is 1. The standard InChI is InChI=1S/C19H21FN4.C2H6/c20-15-7-5-14(6-8-15)13-24-18-4-2-1-3-17(18)23-19(24)22-16-9-11-21-12-10-16;1-2/h1-8,16,21H,9-13H2,(H,22,23);1-2H3. The lowest BCUT2D eigenvalue weighted by molar-refractivity contribution is 0.476. The molecule has 0 atom stereocenters. The van der Waals surface area contributed by atoms with Crippen LogP contribution in [0, 0.1) is 5.82 Å². The third kappa shape index (κ3) is 4.22. The number of fused-ring (bicyclic) bond motifs is 1. The van der Waals surface area contributed by atoms with E-state index in [4.69, 9.17) is 4.98 Å². The second kappa shape index (κ2) is 8.81. The maximum atomic E-state index is 13.2. The van der Waals surface area contributed by atoms with Crippen molar-refractivity contribution in [2.45, 2.75) is 39.3 Å². The number of piperidine rings is 1. The highest BCUT2D eigenvalue weighted by atomic mass is 19.1. The molecule has 0 bridgehead atoms. The van der Waals surface area contributed by atoms with Gasteiger partial charge in [-0.05, 0) is 55.8 Å². The van der Waals surface area contributed by atoms with Gasteiger partial charge in [0.15, 0.2) is 0 Å². The minimum Gasteiger partial charge on any atom is -0.353 e. The molecule has 1 aromatic heterocycles. The number of nitrogens with one attached hydrogen (secondary N) is 2. The Morgan fingerprint density at radius 2 is 1.77 bits per heavy atom. The summed E-state index contributed by atoms with van der Waals surface area (Å²) in [5.41, 5.74) is 3.14. The Kier molecular flexibility index (Phi) is 6.23. The number of halogens is 1. The summed E-state index contributed by atoms with van der Waals surface area (Å²) in [5.74, 6) is 0.690. The van der Waals surface area contributed by atoms with E-state index in [2.05, 4.69) is 21.3 Å². The van der Waals surface area contributed by atoms with Crippen LogP contribution in [-0.4, -0.2) is 28.7 Å². The molecule has 0 unspecified atom stereocenters. The molecule has 26 heavy (non-hydrogen) atoms. The summed E-state index contributed by atoms with van der Waals surface area (Å²) in [4.78, 5) is 4.78. The van der Waals surface area contributed by atoms with Crippen molar-refractivity contribution in [1.29, 1.82) is 0 Å². The zero-order valence-electron chi connectivity index (χ0n) is 15.5. The van der Waals surface area contributed by atoms with Gasteiger partial charge < -0.3 is 15.2 Å². The Balaban J connectivity index is 0.000000948. The van der Waals surface area contributed by atoms with Crippen LogP contribution in [0.5, 0.6) is 0 Å². The van der Waals surface area contributed by atoms with Gasteiger partial charge in [0.1, 0.15) is 5.82 Å². The summed E-state index contributed by atoms with van der Waals surface area (Å²) in [6.45, 7) is 6.75. The number of hydrogen-bond acceptors (Lipinski definition) is 3. The lowest BCUT2D eigenvalue weighted by Gasteiger charge is -2.24. The lowest BCUT2D eigenvalue weighted by Crippen LogP contribution is -2.36. The fourth-order valence-corrected chi connectivity index (χ4v) is 3.27. The molecule has 1 aliphatic rings. The highest BCUT2D eigenvalue weighted by molar-refractivity contribution is 5.78. The van der Waals surface area contributed by atoms with Crippen LogP contribution >= 0.6 is 0 Å². The quantitative estimate of drug-likeness (QED) is 0.729. The van der Waals surface area contributed by atoms with Crippen molar-refractivity contribution >= 4 is 17.0 Å². The van der Waals surface area contributed by atoms with Crippen LogP contribution in [-0.2, 0) is 6.54 Å². The van der Waals surface area contributed by atoms with E-state index in [1.165, 1.54) is 12.1 Å². The third-order valence-electron chi connectivity index (χ3n) is 4.58. The Labute approximate surface area is 154 Å². The number of nitrogens with zero attached hydrogens (tertiary/aromatic N) is 2. The Bertz CT molecular complexity index is 820. The predicted octanol–water partition coefficient (Wildman–Crippen LogP) is 4.41. The topological polar surface area (TPSA) is 41.9 Å². The van der Waals surface area contributed by atoms with E-state index in [1.54, 1.807) is 0 Å². The molecule has 0 spiro atoms. The maximum absolute atomic E-state index is 13.2. The number of hydrogen-bond donors (Lipinski definition) is 2. The van der Waals surface area contributed by atoms with Crippen molar-refractivity contribution in [3.63, 3.8) is 0 Å². The average molecular weight is 354 g/mol. The van der Waals surface area contributed by atoms with E-state index in [1.807, 2.05) is 44.2 Å². The van der Waals surface area contributed by atoms with E-state index in [9.17, 15) is 4.39 Å². The zero-order chi connectivity index (χ0) is 18.4. The van der Waals surface area contributed by atoms with E-state index >= 15 is 0 Å². The van der Waals surface area contributed by atoms with Crippen LogP contribution in [0.1, 0.15) is 32.3 Å². The monoisotopic (exact) mass is 354 g/mol. The van der Waals surface area contributed by atoms with E-state index in [0.717, 1.165) is 48.5 Å². The molecule has 2 N–H and O–H groups in total. The van der Waals surface area contributed by atoms with Gasteiger partial charge in [-0.2, -0.15) is 0 Å². The lowest BCUT2D eigenvalue weighted by atomic mass is 10.1. The van der Waals surface area contributed by atoms with E-state index in [-0.39, 0.29) is 5.82 Å². The molecule has 0 aliphatic carbocycles. The molecule has 5 heteroatoms. The summed E-state index contributed by atoms with van der Waals surface area (Å²) >= 11 is 0. The van der Waals surface area contributed by atoms with Gasteiger partial charge in [0.2, 0.25) is 5.95 Å². The first-order chi connectivity index (χ1) is 12.8. The normalized spacial score (nSPS) is 14.7. The fraction of sp³-hybridized carbons (Fsp3) is 0.381. The number of para-hydroxylation sites is 2. The smallest absolute Gasteiger partial charge is 0.204 e. The van der Waals surface area contributed by atoms with Crippen LogP contribution in [0.25, 0.3) is 11.0 Å². The van der Waals surface area contributed by atoms with Gasteiger partial charge >= 0.3 is 0 Å². The summed E-state index contributed by atoms with van der Waals surface area (Å²) in [6.07, 6.45) is 2.19. The molecule has 4 nitrogen and oxygen atoms in total. The molecule has 3 aromatic rings. The molecular formula is C21H27FN4. The summed E-state index contributed by atoms with van der Waals surface area (Å²) < 4.78 is 15.4. The Morgan fingerprint density at radius 3 is 2.50 bits per heavy atom. The van der Waals surface area contributed by atoms with Gasteiger partial charge in [-0.1, -0.05) is 38.1 Å². The molecule has 0 saturated carbocycles. The van der Waals surface area contributed by atoms with Crippen molar-refractivity contribution in [2.24, 2.45) is 0 Å². The second-order valence-corrected chi connectivity index (χ2v) is 6.31. The van der Waals surface area contributed by atoms with Crippen molar-refractivity contribution in [3.8, 4) is 0 Å². The number of aromatic nitrogens is 2. The molecule has 1 fully saturated rings. The minimum atomic E-state index is -0.206. The predicted molar refractivity (Wildman–Crippen MR) is 106 cm³/mol. The molecule has 2 heterocycles. The molecule has 2 aromatic carbocycles. The summed E-state index contributed by atoms with van der Waals surface area (Å²) in [6, 6.07) is 15.3. The van der Waals surface area contributed by atoms with Crippen molar-refractivity contribution in [1.82, 2.24) is 14.9 Å². The SMILES string of the molecule is CC.Fc1ccc(Cn2c(NC3CCNCC3)nc3ccccc32)cc1. The van der Waals surface area contributed by atoms with Gasteiger partial charge in [0.05, 0.1) is 17.6 Å². The largest absolute Gasteiger partial charge is 0.353 e. The number of anilines is 1. The number of rotatable bonds is 4. The van der Waals surface area contributed by atoms with Crippen LogP contribution < -0.4 is 10.6 Å². The van der Waals surface area contributed by atoms with Crippen LogP contribution in [0.4, 0.5) is 10.3 Å². The molecule has 1 aliphatic heterocycles. The maximum Gasteiger partial charge on any atom is 0.204 e. The van der Waals surface area contributed by atoms with Crippen LogP contribution in [0.15, 0.2) is 48.5 Å². The van der Waals surface area contributed by atoms with Crippen molar-refractivity contribution < 1.29 is 4.39 Å². The van der Waals surface area contributed by atoms with Crippen LogP contribution in [0.2, 0.25) is 0 Å². The van der Waals surface area contributed by atoms with Gasteiger partial charge in [0, 0.05) is 6.04 Å². The highest BCUT2D eigenvalue weighted by Gasteiger charge is 2.17. The van der Waals surface area contributed by atoms with Crippen molar-refractivity contribution in [3.05, 3.63) is 59.9 Å². The first-order valence-corrected chi connectivity index (χ1v) is 9.46. The molecular weight excluding hydrogens is 327 g/mol. The van der Waals surface area contributed by atoms with Crippen molar-refractivity contribution in [2.75, 3.05) is 18.4 Å². The Morgan fingerprint density at radius 1 is 1.08 bits per heavy atom. The number of benzene rings is 2. The van der Waals surface area contributed by atoms with Gasteiger partial charge in [-0.15, -0.1) is 0 Å². The molecule has 138 valence electrons. The second-order valence-electron chi connectivity index (χ2n) is 6.31. The average Bonchev–Trinajstić information content (AvgIpc) is 3.03. The molecule has 4 rings (SSSR count). The third-order valence-corrected chi connectivity index (χ3v) is 4.58. The molecule has 0 amide bonds. The minimum absolute atomic E-state index is 0.206. The fourth-order valence-electron chi connectivity index (χ4n) is 3.27. The first kappa shape index (κ1) is 18.4. The zero-order valence-corrected chi connectivity index (χ0v) is 15.5. The van der Waals surface area contributed by atoms with Gasteiger partial charge in [0.25, 0.3) is 0 Å².